The number of carbonyl (C=O) groups is 2. The van der Waals surface area contributed by atoms with Gasteiger partial charge in [0.05, 0.1) is 24.3 Å². The van der Waals surface area contributed by atoms with Crippen molar-refractivity contribution in [3.63, 3.8) is 0 Å². The number of hydrogen-bond acceptors (Lipinski definition) is 6. The summed E-state index contributed by atoms with van der Waals surface area (Å²) in [5.74, 6) is 0.0114. The van der Waals surface area contributed by atoms with E-state index in [4.69, 9.17) is 9.47 Å². The van der Waals surface area contributed by atoms with E-state index in [0.717, 1.165) is 0 Å². The van der Waals surface area contributed by atoms with Gasteiger partial charge in [0.15, 0.2) is 11.5 Å². The molecular formula is C18H16N2O6. The molecule has 2 aromatic rings. The molecule has 0 aromatic heterocycles. The summed E-state index contributed by atoms with van der Waals surface area (Å²) in [7, 11) is 1.32. The molecule has 26 heavy (non-hydrogen) atoms. The highest BCUT2D eigenvalue weighted by Crippen LogP contribution is 2.35. The molecule has 1 aliphatic rings. The molecule has 0 saturated carbocycles. The third-order valence-corrected chi connectivity index (χ3v) is 4.10. The molecule has 0 fully saturated rings. The lowest BCUT2D eigenvalue weighted by Crippen LogP contribution is -2.38. The van der Waals surface area contributed by atoms with Crippen LogP contribution in [0.5, 0.6) is 11.5 Å². The highest BCUT2D eigenvalue weighted by molar-refractivity contribution is 6.08. The molecule has 0 aliphatic carbocycles. The molecule has 134 valence electrons. The summed E-state index contributed by atoms with van der Waals surface area (Å²) in [4.78, 5) is 36.6. The van der Waals surface area contributed by atoms with E-state index >= 15 is 0 Å². The number of anilines is 1. The van der Waals surface area contributed by atoms with Crippen LogP contribution in [0, 0.1) is 10.1 Å². The number of nitrogens with zero attached hydrogens (tertiary/aromatic N) is 2. The Morgan fingerprint density at radius 1 is 1.19 bits per heavy atom. The number of nitro groups is 1. The molecule has 0 N–H and O–H groups in total. The van der Waals surface area contributed by atoms with Gasteiger partial charge in [-0.1, -0.05) is 0 Å². The Morgan fingerprint density at radius 2 is 1.92 bits per heavy atom. The normalized spacial score (nSPS) is 12.8. The lowest BCUT2D eigenvalue weighted by atomic mass is 10.1. The Kier molecular flexibility index (Phi) is 4.57. The zero-order valence-electron chi connectivity index (χ0n) is 14.2. The van der Waals surface area contributed by atoms with Crippen molar-refractivity contribution in [1.82, 2.24) is 0 Å². The van der Waals surface area contributed by atoms with E-state index in [0.29, 0.717) is 17.0 Å². The van der Waals surface area contributed by atoms with Crippen LogP contribution >= 0.6 is 0 Å². The van der Waals surface area contributed by atoms with Crippen molar-refractivity contribution in [2.24, 2.45) is 0 Å². The summed E-state index contributed by atoms with van der Waals surface area (Å²) in [6, 6.07) is 8.91. The lowest BCUT2D eigenvalue weighted by molar-refractivity contribution is -0.385. The first-order valence-corrected chi connectivity index (χ1v) is 7.84. The summed E-state index contributed by atoms with van der Waals surface area (Å²) in [5, 5.41) is 11.2. The molecule has 3 rings (SSSR count). The van der Waals surface area contributed by atoms with Gasteiger partial charge in [0.2, 0.25) is 0 Å². The number of Topliss-reactive ketones (excluding diaryl/α,β-unsaturated/α-hetero) is 1. The molecule has 1 heterocycles. The fourth-order valence-electron chi connectivity index (χ4n) is 2.77. The lowest BCUT2D eigenvalue weighted by Gasteiger charge is -2.30. The number of carbonyl (C=O) groups excluding carboxylic acids is 2. The average molecular weight is 356 g/mol. The van der Waals surface area contributed by atoms with Gasteiger partial charge in [-0.15, -0.1) is 0 Å². The van der Waals surface area contributed by atoms with Crippen LogP contribution in [0.4, 0.5) is 11.4 Å². The Bertz CT molecular complexity index is 909. The molecule has 0 bridgehead atoms. The largest absolute Gasteiger partial charge is 0.490 e. The first-order valence-electron chi connectivity index (χ1n) is 7.84. The molecule has 8 nitrogen and oxygen atoms in total. The number of benzene rings is 2. The molecule has 0 unspecified atom stereocenters. The Hall–Kier alpha value is -3.42. The highest BCUT2D eigenvalue weighted by atomic mass is 16.6. The van der Waals surface area contributed by atoms with Crippen LogP contribution in [-0.4, -0.2) is 36.9 Å². The number of methoxy groups -OCH3 is 1. The topological polar surface area (TPSA) is 99.0 Å². The second kappa shape index (κ2) is 6.83. The standard InChI is InChI=1S/C18H16N2O6/c1-11(21)12-3-6-17-14(9-12)19(7-8-26-17)18(22)13-4-5-16(25-2)15(10-13)20(23)24/h3-6,9-10H,7-8H2,1-2H3. The van der Waals surface area contributed by atoms with Gasteiger partial charge >= 0.3 is 5.69 Å². The summed E-state index contributed by atoms with van der Waals surface area (Å²) in [6.45, 7) is 1.99. The maximum Gasteiger partial charge on any atom is 0.311 e. The van der Waals surface area contributed by atoms with E-state index in [9.17, 15) is 19.7 Å². The van der Waals surface area contributed by atoms with Crippen molar-refractivity contribution in [1.29, 1.82) is 0 Å². The van der Waals surface area contributed by atoms with E-state index in [1.165, 1.54) is 37.1 Å². The van der Waals surface area contributed by atoms with E-state index < -0.39 is 10.8 Å². The minimum Gasteiger partial charge on any atom is -0.490 e. The van der Waals surface area contributed by atoms with Crippen molar-refractivity contribution in [3.8, 4) is 11.5 Å². The predicted octanol–water partition coefficient (Wildman–Crippen LogP) is 2.85. The van der Waals surface area contributed by atoms with Crippen molar-refractivity contribution in [2.45, 2.75) is 6.92 Å². The number of ketones is 1. The van der Waals surface area contributed by atoms with Crippen LogP contribution in [0.25, 0.3) is 0 Å². The van der Waals surface area contributed by atoms with Crippen molar-refractivity contribution in [2.75, 3.05) is 25.2 Å². The highest BCUT2D eigenvalue weighted by Gasteiger charge is 2.27. The van der Waals surface area contributed by atoms with Crippen molar-refractivity contribution < 1.29 is 24.0 Å². The smallest absolute Gasteiger partial charge is 0.311 e. The number of nitro benzene ring substituents is 1. The number of fused-ring (bicyclic) bond motifs is 1. The minimum atomic E-state index is -0.600. The molecule has 0 radical (unpaired) electrons. The minimum absolute atomic E-state index is 0.0767. The second-order valence-electron chi connectivity index (χ2n) is 5.69. The van der Waals surface area contributed by atoms with Gasteiger partial charge in [-0.25, -0.2) is 0 Å². The Labute approximate surface area is 149 Å². The molecule has 0 saturated heterocycles. The van der Waals surface area contributed by atoms with E-state index in [1.807, 2.05) is 0 Å². The fourth-order valence-corrected chi connectivity index (χ4v) is 2.77. The summed E-state index contributed by atoms with van der Waals surface area (Å²) in [5.41, 5.74) is 0.781. The predicted molar refractivity (Wildman–Crippen MR) is 93.3 cm³/mol. The quantitative estimate of drug-likeness (QED) is 0.474. The first kappa shape index (κ1) is 17.4. The SMILES string of the molecule is COc1ccc(C(=O)N2CCOc3ccc(C(C)=O)cc32)cc1[N+](=O)[O-]. The Balaban J connectivity index is 2.02. The number of amides is 1. The summed E-state index contributed by atoms with van der Waals surface area (Å²) < 4.78 is 10.5. The fraction of sp³-hybridized carbons (Fsp3) is 0.222. The monoisotopic (exact) mass is 356 g/mol. The van der Waals surface area contributed by atoms with Gasteiger partial charge in [-0.05, 0) is 37.3 Å². The van der Waals surface area contributed by atoms with Crippen molar-refractivity contribution in [3.05, 3.63) is 57.6 Å². The second-order valence-corrected chi connectivity index (χ2v) is 5.69. The zero-order valence-corrected chi connectivity index (χ0v) is 14.2. The van der Waals surface area contributed by atoms with Gasteiger partial charge in [0.1, 0.15) is 12.4 Å². The van der Waals surface area contributed by atoms with E-state index in [2.05, 4.69) is 0 Å². The third kappa shape index (κ3) is 3.08. The molecule has 0 atom stereocenters. The maximum atomic E-state index is 12.9. The maximum absolute atomic E-state index is 12.9. The molecule has 1 aliphatic heterocycles. The van der Waals surface area contributed by atoms with Crippen LogP contribution in [0.15, 0.2) is 36.4 Å². The van der Waals surface area contributed by atoms with Gasteiger partial charge in [-0.2, -0.15) is 0 Å². The van der Waals surface area contributed by atoms with Crippen LogP contribution < -0.4 is 14.4 Å². The first-order chi connectivity index (χ1) is 12.4. The molecule has 8 heteroatoms. The van der Waals surface area contributed by atoms with Gasteiger partial charge in [-0.3, -0.25) is 19.7 Å². The molecular weight excluding hydrogens is 340 g/mol. The Morgan fingerprint density at radius 3 is 2.58 bits per heavy atom. The van der Waals surface area contributed by atoms with Gasteiger partial charge in [0.25, 0.3) is 5.91 Å². The summed E-state index contributed by atoms with van der Waals surface area (Å²) >= 11 is 0. The van der Waals surface area contributed by atoms with Gasteiger partial charge in [0, 0.05) is 17.2 Å². The molecule has 1 amide bonds. The van der Waals surface area contributed by atoms with Crippen LogP contribution in [0.3, 0.4) is 0 Å². The van der Waals surface area contributed by atoms with Crippen LogP contribution in [0.2, 0.25) is 0 Å². The van der Waals surface area contributed by atoms with Crippen LogP contribution in [0.1, 0.15) is 27.6 Å². The summed E-state index contributed by atoms with van der Waals surface area (Å²) in [6.07, 6.45) is 0. The average Bonchev–Trinajstić information content (AvgIpc) is 2.65. The van der Waals surface area contributed by atoms with E-state index in [-0.39, 0.29) is 35.9 Å². The third-order valence-electron chi connectivity index (χ3n) is 4.10. The number of ether oxygens (including phenoxy) is 2. The number of rotatable bonds is 4. The van der Waals surface area contributed by atoms with Gasteiger partial charge < -0.3 is 14.4 Å². The van der Waals surface area contributed by atoms with E-state index in [1.54, 1.807) is 18.2 Å². The van der Waals surface area contributed by atoms with Crippen molar-refractivity contribution >= 4 is 23.1 Å². The van der Waals surface area contributed by atoms with Crippen LogP contribution in [-0.2, 0) is 0 Å². The molecule has 0 spiro atoms. The zero-order chi connectivity index (χ0) is 18.8. The molecule has 2 aromatic carbocycles. The number of hydrogen-bond donors (Lipinski definition) is 0.